The Morgan fingerprint density at radius 3 is 2.76 bits per heavy atom. The van der Waals surface area contributed by atoms with Crippen LogP contribution in [0.15, 0.2) is 0 Å². The number of alkyl halides is 2. The lowest BCUT2D eigenvalue weighted by Crippen LogP contribution is -2.56. The fraction of sp³-hybridized carbons (Fsp3) is 0.818. The average Bonchev–Trinajstić information content (AvgIpc) is 2.77. The summed E-state index contributed by atoms with van der Waals surface area (Å²) >= 11 is 0. The third-order valence-corrected chi connectivity index (χ3v) is 4.24. The zero-order valence-electron chi connectivity index (χ0n) is 13.1. The van der Waals surface area contributed by atoms with Crippen LogP contribution in [0.25, 0.3) is 0 Å². The van der Waals surface area contributed by atoms with Gasteiger partial charge in [-0.3, -0.25) is 14.2 Å². The zero-order chi connectivity index (χ0) is 19.0. The third kappa shape index (κ3) is 4.33. The summed E-state index contributed by atoms with van der Waals surface area (Å²) in [6.45, 7) is 1.07. The van der Waals surface area contributed by atoms with Crippen LogP contribution in [0.5, 0.6) is 0 Å². The summed E-state index contributed by atoms with van der Waals surface area (Å²) in [6, 6.07) is -5.22. The van der Waals surface area contributed by atoms with Crippen molar-refractivity contribution in [3.8, 4) is 0 Å². The Labute approximate surface area is 141 Å². The Kier molecular flexibility index (Phi) is 5.48. The molecule has 4 N–H and O–H groups in total. The molecule has 2 saturated heterocycles. The van der Waals surface area contributed by atoms with E-state index in [1.807, 2.05) is 5.48 Å². The minimum atomic E-state index is -5.19. The van der Waals surface area contributed by atoms with Crippen molar-refractivity contribution >= 4 is 22.3 Å². The summed E-state index contributed by atoms with van der Waals surface area (Å²) in [5.74, 6) is -4.64. The highest BCUT2D eigenvalue weighted by Crippen LogP contribution is 2.40. The second-order valence-corrected chi connectivity index (χ2v) is 6.71. The van der Waals surface area contributed by atoms with Crippen molar-refractivity contribution in [3.05, 3.63) is 0 Å². The molecule has 2 heterocycles. The number of carbonyl (C=O) groups excluding carboxylic acids is 2. The first-order valence-electron chi connectivity index (χ1n) is 7.28. The topological polar surface area (TPSA) is 151 Å². The lowest BCUT2D eigenvalue weighted by molar-refractivity contribution is -0.159. The van der Waals surface area contributed by atoms with Crippen LogP contribution in [-0.2, 0) is 24.3 Å². The highest BCUT2D eigenvalue weighted by atomic mass is 32.3. The lowest BCUT2D eigenvalue weighted by atomic mass is 9.96. The van der Waals surface area contributed by atoms with Gasteiger partial charge in [0.25, 0.3) is 11.8 Å². The Morgan fingerprint density at radius 2 is 2.20 bits per heavy atom. The predicted molar refractivity (Wildman–Crippen MR) is 76.1 cm³/mol. The van der Waals surface area contributed by atoms with Crippen LogP contribution in [0, 0.1) is 0 Å². The summed E-state index contributed by atoms with van der Waals surface area (Å²) in [4.78, 5) is 29.7. The van der Waals surface area contributed by atoms with Crippen molar-refractivity contribution in [3.63, 3.8) is 0 Å². The maximum Gasteiger partial charge on any atom is 0.418 e. The molecule has 1 unspecified atom stereocenters. The second-order valence-electron chi connectivity index (χ2n) is 5.71. The zero-order valence-corrected chi connectivity index (χ0v) is 13.9. The van der Waals surface area contributed by atoms with Gasteiger partial charge in [0.15, 0.2) is 0 Å². The van der Waals surface area contributed by atoms with E-state index >= 15 is 0 Å². The van der Waals surface area contributed by atoms with Crippen molar-refractivity contribution in [2.75, 3.05) is 13.2 Å². The molecule has 0 aromatic carbocycles. The van der Waals surface area contributed by atoms with E-state index in [1.54, 1.807) is 6.92 Å². The van der Waals surface area contributed by atoms with Crippen LogP contribution in [0.3, 0.4) is 0 Å². The number of piperidine rings is 1. The van der Waals surface area contributed by atoms with Gasteiger partial charge in [-0.25, -0.2) is 19.1 Å². The highest BCUT2D eigenvalue weighted by Gasteiger charge is 2.62. The van der Waals surface area contributed by atoms with Crippen LogP contribution >= 0.6 is 0 Å². The molecule has 2 rings (SSSR count). The highest BCUT2D eigenvalue weighted by molar-refractivity contribution is 7.80. The van der Waals surface area contributed by atoms with Crippen molar-refractivity contribution < 1.29 is 40.5 Å². The molecule has 2 aliphatic heterocycles. The standard InChI is InChI=1S/C11H18F2N4O7S/c1-2-6(14)5-23-15-9(18)7-3-11(12,13)8-4-16(7)10(19)17(8)24-25(20,21)22/h6-8H,2-5,14H2,1H3,(H,15,18)(H,20,21,22)/t6?,7-,8-/m0/s1. The molecule has 25 heavy (non-hydrogen) atoms. The molecular formula is C11H18F2N4O7S. The van der Waals surface area contributed by atoms with Gasteiger partial charge in [-0.15, -0.1) is 4.28 Å². The first kappa shape index (κ1) is 19.7. The van der Waals surface area contributed by atoms with Crippen LogP contribution in [0.2, 0.25) is 0 Å². The lowest BCUT2D eigenvalue weighted by Gasteiger charge is -2.34. The number of nitrogens with one attached hydrogen (secondary N) is 1. The van der Waals surface area contributed by atoms with E-state index in [1.165, 1.54) is 0 Å². The number of amides is 3. The molecule has 0 aromatic rings. The molecule has 0 spiro atoms. The maximum atomic E-state index is 14.2. The number of nitrogens with zero attached hydrogens (tertiary/aromatic N) is 2. The molecule has 3 amide bonds. The number of rotatable bonds is 7. The van der Waals surface area contributed by atoms with E-state index in [-0.39, 0.29) is 17.7 Å². The predicted octanol–water partition coefficient (Wildman–Crippen LogP) is -0.980. The molecule has 2 aliphatic rings. The molecule has 3 atom stereocenters. The molecule has 2 fully saturated rings. The summed E-state index contributed by atoms with van der Waals surface area (Å²) in [5.41, 5.74) is 7.52. The number of urea groups is 1. The quantitative estimate of drug-likeness (QED) is 0.372. The SMILES string of the molecule is CCC(N)CONC(=O)[C@@H]1CC(F)(F)[C@@H]2CN1C(=O)N2OS(=O)(=O)O. The van der Waals surface area contributed by atoms with E-state index < -0.39 is 53.3 Å². The minimum Gasteiger partial charge on any atom is -0.326 e. The van der Waals surface area contributed by atoms with Gasteiger partial charge in [-0.1, -0.05) is 6.92 Å². The van der Waals surface area contributed by atoms with Crippen molar-refractivity contribution in [1.82, 2.24) is 15.4 Å². The molecular weight excluding hydrogens is 370 g/mol. The Morgan fingerprint density at radius 1 is 1.56 bits per heavy atom. The van der Waals surface area contributed by atoms with E-state index in [4.69, 9.17) is 15.1 Å². The van der Waals surface area contributed by atoms with E-state index in [0.717, 1.165) is 0 Å². The molecule has 2 bridgehead atoms. The smallest absolute Gasteiger partial charge is 0.326 e. The van der Waals surface area contributed by atoms with Gasteiger partial charge in [0.05, 0.1) is 13.2 Å². The first-order valence-corrected chi connectivity index (χ1v) is 8.64. The first-order chi connectivity index (χ1) is 11.5. The summed E-state index contributed by atoms with van der Waals surface area (Å²) < 4.78 is 62.4. The van der Waals surface area contributed by atoms with Gasteiger partial charge in [0.1, 0.15) is 12.1 Å². The van der Waals surface area contributed by atoms with E-state index in [0.29, 0.717) is 11.3 Å². The van der Waals surface area contributed by atoms with Gasteiger partial charge in [-0.05, 0) is 6.42 Å². The fourth-order valence-corrected chi connectivity index (χ4v) is 2.86. The number of carbonyl (C=O) groups is 2. The molecule has 0 saturated carbocycles. The van der Waals surface area contributed by atoms with Crippen LogP contribution in [-0.4, -0.2) is 72.1 Å². The van der Waals surface area contributed by atoms with Gasteiger partial charge in [-0.2, -0.15) is 13.5 Å². The largest absolute Gasteiger partial charge is 0.418 e. The third-order valence-electron chi connectivity index (χ3n) is 3.89. The van der Waals surface area contributed by atoms with Gasteiger partial charge in [0.2, 0.25) is 0 Å². The maximum absolute atomic E-state index is 14.2. The Hall–Kier alpha value is -1.61. The molecule has 0 aliphatic carbocycles. The second kappa shape index (κ2) is 6.95. The summed E-state index contributed by atoms with van der Waals surface area (Å²) in [7, 11) is -5.19. The normalized spacial score (nSPS) is 26.7. The average molecular weight is 388 g/mol. The van der Waals surface area contributed by atoms with Crippen molar-refractivity contribution in [2.24, 2.45) is 5.73 Å². The van der Waals surface area contributed by atoms with E-state index in [2.05, 4.69) is 4.28 Å². The van der Waals surface area contributed by atoms with Crippen molar-refractivity contribution in [2.45, 2.75) is 43.8 Å². The molecule has 0 radical (unpaired) electrons. The fourth-order valence-electron chi connectivity index (χ4n) is 2.49. The monoisotopic (exact) mass is 388 g/mol. The molecule has 144 valence electrons. The number of hydrogen-bond donors (Lipinski definition) is 3. The van der Waals surface area contributed by atoms with Crippen LogP contribution in [0.1, 0.15) is 19.8 Å². The summed E-state index contributed by atoms with van der Waals surface area (Å²) in [5, 5.41) is -0.142. The summed E-state index contributed by atoms with van der Waals surface area (Å²) in [6.07, 6.45) is -0.505. The Balaban J connectivity index is 2.10. The van der Waals surface area contributed by atoms with Gasteiger partial charge < -0.3 is 10.6 Å². The number of nitrogens with two attached hydrogens (primary N) is 1. The number of hydroxylamine groups is 3. The number of fused-ring (bicyclic) bond motifs is 2. The Bertz CT molecular complexity index is 646. The van der Waals surface area contributed by atoms with E-state index in [9.17, 15) is 26.8 Å². The van der Waals surface area contributed by atoms with Gasteiger partial charge >= 0.3 is 16.4 Å². The van der Waals surface area contributed by atoms with Crippen LogP contribution in [0.4, 0.5) is 13.6 Å². The minimum absolute atomic E-state index is 0.0556. The number of hydrogen-bond acceptors (Lipinski definition) is 7. The van der Waals surface area contributed by atoms with Gasteiger partial charge in [0, 0.05) is 12.5 Å². The molecule has 14 heteroatoms. The molecule has 11 nitrogen and oxygen atoms in total. The van der Waals surface area contributed by atoms with Crippen molar-refractivity contribution in [1.29, 1.82) is 0 Å². The number of halogens is 2. The van der Waals surface area contributed by atoms with Crippen LogP contribution < -0.4 is 11.2 Å². The molecule has 0 aromatic heterocycles.